The molecule has 1 unspecified atom stereocenters. The van der Waals surface area contributed by atoms with Gasteiger partial charge in [0.25, 0.3) is 17.7 Å². The first-order chi connectivity index (χ1) is 13.0. The Bertz CT molecular complexity index is 889. The molecule has 1 amide bonds. The molecule has 0 saturated carbocycles. The number of amides is 1. The molecule has 7 heteroatoms. The average molecular weight is 386 g/mol. The Morgan fingerprint density at radius 1 is 1.26 bits per heavy atom. The van der Waals surface area contributed by atoms with Crippen molar-refractivity contribution in [2.75, 3.05) is 18.4 Å². The van der Waals surface area contributed by atoms with Crippen molar-refractivity contribution in [2.45, 2.75) is 33.7 Å². The maximum absolute atomic E-state index is 12.5. The van der Waals surface area contributed by atoms with Gasteiger partial charge in [0, 0.05) is 5.69 Å². The molecule has 0 aliphatic carbocycles. The summed E-state index contributed by atoms with van der Waals surface area (Å²) < 4.78 is 5.77. The molecule has 2 aromatic heterocycles. The van der Waals surface area contributed by atoms with Gasteiger partial charge in [-0.05, 0) is 43.3 Å². The third-order valence-electron chi connectivity index (χ3n) is 4.27. The van der Waals surface area contributed by atoms with Crippen molar-refractivity contribution in [3.8, 4) is 10.8 Å². The SMILES string of the molecule is CCC[NH+](CC(=O)Nc1ccc(C)cc1C)Cc1nnc(-c2cccs2)o1. The van der Waals surface area contributed by atoms with Crippen LogP contribution in [0.3, 0.4) is 0 Å². The highest BCUT2D eigenvalue weighted by Crippen LogP contribution is 2.22. The molecule has 142 valence electrons. The molecule has 0 radical (unpaired) electrons. The predicted molar refractivity (Wildman–Crippen MR) is 107 cm³/mol. The minimum absolute atomic E-state index is 0.0107. The summed E-state index contributed by atoms with van der Waals surface area (Å²) in [6.45, 7) is 7.90. The number of quaternary nitrogens is 1. The first-order valence-corrected chi connectivity index (χ1v) is 10.00. The molecule has 3 aromatic rings. The minimum atomic E-state index is -0.0107. The van der Waals surface area contributed by atoms with E-state index in [0.717, 1.165) is 34.0 Å². The first-order valence-electron chi connectivity index (χ1n) is 9.12. The molecule has 0 bridgehead atoms. The molecule has 0 aliphatic rings. The summed E-state index contributed by atoms with van der Waals surface area (Å²) in [5.41, 5.74) is 3.11. The van der Waals surface area contributed by atoms with Gasteiger partial charge in [-0.2, -0.15) is 0 Å². The summed E-state index contributed by atoms with van der Waals surface area (Å²) in [6, 6.07) is 9.93. The van der Waals surface area contributed by atoms with Crippen molar-refractivity contribution < 1.29 is 14.1 Å². The first kappa shape index (κ1) is 19.3. The quantitative estimate of drug-likeness (QED) is 0.625. The Morgan fingerprint density at radius 3 is 2.81 bits per heavy atom. The Hall–Kier alpha value is -2.51. The van der Waals surface area contributed by atoms with Crippen LogP contribution in [0.25, 0.3) is 10.8 Å². The summed E-state index contributed by atoms with van der Waals surface area (Å²) in [5, 5.41) is 13.3. The molecule has 27 heavy (non-hydrogen) atoms. The van der Waals surface area contributed by atoms with Gasteiger partial charge >= 0.3 is 0 Å². The van der Waals surface area contributed by atoms with Gasteiger partial charge in [0.1, 0.15) is 0 Å². The van der Waals surface area contributed by atoms with Crippen molar-refractivity contribution in [3.05, 3.63) is 52.7 Å². The normalized spacial score (nSPS) is 12.1. The second kappa shape index (κ2) is 8.92. The van der Waals surface area contributed by atoms with E-state index in [9.17, 15) is 4.79 Å². The Morgan fingerprint density at radius 2 is 2.11 bits per heavy atom. The van der Waals surface area contributed by atoms with E-state index in [2.05, 4.69) is 28.5 Å². The molecule has 6 nitrogen and oxygen atoms in total. The van der Waals surface area contributed by atoms with Gasteiger partial charge in [-0.25, -0.2) is 0 Å². The van der Waals surface area contributed by atoms with Gasteiger partial charge in [0.15, 0.2) is 13.1 Å². The lowest BCUT2D eigenvalue weighted by atomic mass is 10.1. The van der Waals surface area contributed by atoms with Gasteiger partial charge < -0.3 is 14.6 Å². The number of hydrogen-bond donors (Lipinski definition) is 2. The second-order valence-corrected chi connectivity index (χ2v) is 7.65. The zero-order valence-electron chi connectivity index (χ0n) is 15.9. The third-order valence-corrected chi connectivity index (χ3v) is 5.13. The molecule has 2 heterocycles. The molecule has 0 spiro atoms. The monoisotopic (exact) mass is 385 g/mol. The van der Waals surface area contributed by atoms with E-state index in [1.807, 2.05) is 43.5 Å². The summed E-state index contributed by atoms with van der Waals surface area (Å²) in [7, 11) is 0. The topological polar surface area (TPSA) is 72.5 Å². The zero-order chi connectivity index (χ0) is 19.2. The van der Waals surface area contributed by atoms with E-state index < -0.39 is 0 Å². The van der Waals surface area contributed by atoms with E-state index >= 15 is 0 Å². The smallest absolute Gasteiger partial charge is 0.279 e. The van der Waals surface area contributed by atoms with Crippen LogP contribution in [0.4, 0.5) is 5.69 Å². The van der Waals surface area contributed by atoms with Crippen molar-refractivity contribution in [1.29, 1.82) is 0 Å². The number of carbonyl (C=O) groups is 1. The van der Waals surface area contributed by atoms with E-state index in [0.29, 0.717) is 24.9 Å². The standard InChI is InChI=1S/C20H24N4O2S/c1-4-9-24(12-18(25)21-16-8-7-14(2)11-15(16)3)13-19-22-23-20(26-19)17-6-5-10-27-17/h5-8,10-11H,4,9,12-13H2,1-3H3,(H,21,25)/p+1. The molecular weight excluding hydrogens is 360 g/mol. The number of anilines is 1. The average Bonchev–Trinajstić information content (AvgIpc) is 3.29. The number of nitrogens with zero attached hydrogens (tertiary/aromatic N) is 2. The van der Waals surface area contributed by atoms with E-state index in [1.54, 1.807) is 11.3 Å². The van der Waals surface area contributed by atoms with Crippen LogP contribution >= 0.6 is 11.3 Å². The Labute approximate surface area is 163 Å². The molecule has 1 atom stereocenters. The fraction of sp³-hybridized carbons (Fsp3) is 0.350. The highest BCUT2D eigenvalue weighted by Gasteiger charge is 2.19. The minimum Gasteiger partial charge on any atom is -0.414 e. The number of hydrogen-bond acceptors (Lipinski definition) is 5. The maximum Gasteiger partial charge on any atom is 0.279 e. The molecule has 2 N–H and O–H groups in total. The van der Waals surface area contributed by atoms with Crippen LogP contribution in [0.1, 0.15) is 30.4 Å². The molecule has 0 aliphatic heterocycles. The number of thiophene rings is 1. The second-order valence-electron chi connectivity index (χ2n) is 6.70. The predicted octanol–water partition coefficient (Wildman–Crippen LogP) is 2.85. The van der Waals surface area contributed by atoms with Crippen LogP contribution < -0.4 is 10.2 Å². The Balaban J connectivity index is 1.62. The summed E-state index contributed by atoms with van der Waals surface area (Å²) >= 11 is 1.57. The fourth-order valence-corrected chi connectivity index (χ4v) is 3.65. The van der Waals surface area contributed by atoms with Gasteiger partial charge in [-0.3, -0.25) is 4.79 Å². The van der Waals surface area contributed by atoms with Crippen molar-refractivity contribution in [3.63, 3.8) is 0 Å². The lowest BCUT2D eigenvalue weighted by Crippen LogP contribution is -3.11. The van der Waals surface area contributed by atoms with Gasteiger partial charge in [0.05, 0.1) is 11.4 Å². The van der Waals surface area contributed by atoms with Crippen molar-refractivity contribution in [2.24, 2.45) is 0 Å². The van der Waals surface area contributed by atoms with Gasteiger partial charge in [-0.15, -0.1) is 21.5 Å². The largest absolute Gasteiger partial charge is 0.414 e. The molecule has 0 fully saturated rings. The number of benzene rings is 1. The van der Waals surface area contributed by atoms with Crippen molar-refractivity contribution >= 4 is 22.9 Å². The molecule has 1 aromatic carbocycles. The third kappa shape index (κ3) is 5.24. The number of rotatable bonds is 8. The number of carbonyl (C=O) groups excluding carboxylic acids is 1. The lowest BCUT2D eigenvalue weighted by molar-refractivity contribution is -0.907. The number of aromatic nitrogens is 2. The van der Waals surface area contributed by atoms with Gasteiger partial charge in [-0.1, -0.05) is 30.7 Å². The van der Waals surface area contributed by atoms with Crippen LogP contribution in [0.5, 0.6) is 0 Å². The lowest BCUT2D eigenvalue weighted by Gasteiger charge is -2.17. The highest BCUT2D eigenvalue weighted by atomic mass is 32.1. The van der Waals surface area contributed by atoms with Gasteiger partial charge in [0.2, 0.25) is 0 Å². The zero-order valence-corrected chi connectivity index (χ0v) is 16.7. The number of nitrogens with one attached hydrogen (secondary N) is 2. The Kier molecular flexibility index (Phi) is 6.36. The summed E-state index contributed by atoms with van der Waals surface area (Å²) in [4.78, 5) is 14.6. The van der Waals surface area contributed by atoms with Crippen molar-refractivity contribution in [1.82, 2.24) is 10.2 Å². The maximum atomic E-state index is 12.5. The van der Waals surface area contributed by atoms with E-state index in [1.165, 1.54) is 5.56 Å². The molecular formula is C20H25N4O2S+. The van der Waals surface area contributed by atoms with Crippen LogP contribution in [0.2, 0.25) is 0 Å². The number of aryl methyl sites for hydroxylation is 2. The molecule has 3 rings (SSSR count). The van der Waals surface area contributed by atoms with Crippen LogP contribution in [-0.2, 0) is 11.3 Å². The summed E-state index contributed by atoms with van der Waals surface area (Å²) in [6.07, 6.45) is 0.970. The summed E-state index contributed by atoms with van der Waals surface area (Å²) in [5.74, 6) is 1.08. The van der Waals surface area contributed by atoms with Crippen LogP contribution in [0.15, 0.2) is 40.1 Å². The highest BCUT2D eigenvalue weighted by molar-refractivity contribution is 7.13. The van der Waals surface area contributed by atoms with Crippen LogP contribution in [0, 0.1) is 13.8 Å². The molecule has 0 saturated heterocycles. The van der Waals surface area contributed by atoms with E-state index in [-0.39, 0.29) is 5.91 Å². The van der Waals surface area contributed by atoms with E-state index in [4.69, 9.17) is 4.42 Å². The van der Waals surface area contributed by atoms with Crippen LogP contribution in [-0.4, -0.2) is 29.2 Å². The fourth-order valence-electron chi connectivity index (χ4n) is 3.01.